The average Bonchev–Trinajstić information content (AvgIpc) is 3.11. The Bertz CT molecular complexity index is 1120. The van der Waals surface area contributed by atoms with Gasteiger partial charge in [0.1, 0.15) is 0 Å². The summed E-state index contributed by atoms with van der Waals surface area (Å²) >= 11 is 0. The minimum Gasteiger partial charge on any atom is -0.399 e. The molecule has 152 valence electrons. The maximum atomic E-state index is 12.2. The van der Waals surface area contributed by atoms with Crippen molar-refractivity contribution in [2.45, 2.75) is 13.0 Å². The SMILES string of the molecule is NC(=O)c1cc(-c2ccc(CN3CCOCC3)cc2)nc2c1Cc1cc(N)ccc1-2. The number of nitrogen functional groups attached to an aromatic ring is 1. The maximum absolute atomic E-state index is 12.2. The lowest BCUT2D eigenvalue weighted by atomic mass is 10.0. The normalized spacial score (nSPS) is 15.6. The van der Waals surface area contributed by atoms with E-state index in [1.807, 2.05) is 24.3 Å². The summed E-state index contributed by atoms with van der Waals surface area (Å²) in [5.41, 5.74) is 19.7. The van der Waals surface area contributed by atoms with Gasteiger partial charge in [-0.05, 0) is 34.9 Å². The number of nitrogens with zero attached hydrogens (tertiary/aromatic N) is 2. The molecule has 0 radical (unpaired) electrons. The van der Waals surface area contributed by atoms with Crippen LogP contribution in [0.25, 0.3) is 22.5 Å². The minimum absolute atomic E-state index is 0.431. The molecule has 0 atom stereocenters. The van der Waals surface area contributed by atoms with E-state index in [9.17, 15) is 4.79 Å². The predicted octanol–water partition coefficient (Wildman–Crippen LogP) is 2.83. The number of anilines is 1. The quantitative estimate of drug-likeness (QED) is 0.514. The highest BCUT2D eigenvalue weighted by Crippen LogP contribution is 2.39. The van der Waals surface area contributed by atoms with E-state index in [1.54, 1.807) is 0 Å². The summed E-state index contributed by atoms with van der Waals surface area (Å²) in [5.74, 6) is -0.431. The van der Waals surface area contributed by atoms with Crippen molar-refractivity contribution in [3.8, 4) is 22.5 Å². The van der Waals surface area contributed by atoms with Gasteiger partial charge in [-0.2, -0.15) is 0 Å². The number of amides is 1. The summed E-state index contributed by atoms with van der Waals surface area (Å²) in [6.07, 6.45) is 0.625. The molecule has 1 aliphatic carbocycles. The Morgan fingerprint density at radius 1 is 1.07 bits per heavy atom. The van der Waals surface area contributed by atoms with Gasteiger partial charge in [-0.15, -0.1) is 0 Å². The van der Waals surface area contributed by atoms with Crippen molar-refractivity contribution in [3.05, 3.63) is 70.8 Å². The number of nitrogens with two attached hydrogens (primary N) is 2. The van der Waals surface area contributed by atoms with E-state index in [1.165, 1.54) is 5.56 Å². The standard InChI is InChI=1S/C24H24N4O2/c25-18-5-6-19-17(11-18)12-20-21(24(26)29)13-22(27-23(19)20)16-3-1-15(2-4-16)14-28-7-9-30-10-8-28/h1-6,11,13H,7-10,12,14,25H2,(H2,26,29). The molecule has 1 aromatic heterocycles. The molecule has 30 heavy (non-hydrogen) atoms. The number of pyridine rings is 1. The number of morpholine rings is 1. The smallest absolute Gasteiger partial charge is 0.249 e. The van der Waals surface area contributed by atoms with Gasteiger partial charge in [0.15, 0.2) is 0 Å². The first-order valence-electron chi connectivity index (χ1n) is 10.2. The summed E-state index contributed by atoms with van der Waals surface area (Å²) in [4.78, 5) is 19.5. The lowest BCUT2D eigenvalue weighted by Gasteiger charge is -2.26. The molecule has 2 aromatic carbocycles. The van der Waals surface area contributed by atoms with Crippen LogP contribution in [0.1, 0.15) is 27.0 Å². The van der Waals surface area contributed by atoms with Gasteiger partial charge < -0.3 is 16.2 Å². The van der Waals surface area contributed by atoms with Gasteiger partial charge >= 0.3 is 0 Å². The fourth-order valence-electron chi connectivity index (χ4n) is 4.32. The summed E-state index contributed by atoms with van der Waals surface area (Å²) < 4.78 is 5.42. The molecule has 2 aliphatic rings. The third-order valence-corrected chi connectivity index (χ3v) is 5.90. The fraction of sp³-hybridized carbons (Fsp3) is 0.250. The number of rotatable bonds is 4. The van der Waals surface area contributed by atoms with Crippen molar-refractivity contribution in [3.63, 3.8) is 0 Å². The third kappa shape index (κ3) is 3.44. The Kier molecular flexibility index (Phi) is 4.73. The van der Waals surface area contributed by atoms with Crippen LogP contribution in [-0.2, 0) is 17.7 Å². The molecule has 3 aromatic rings. The number of fused-ring (bicyclic) bond motifs is 3. The second-order valence-corrected chi connectivity index (χ2v) is 7.93. The molecule has 1 aliphatic heterocycles. The molecule has 1 amide bonds. The zero-order valence-corrected chi connectivity index (χ0v) is 16.7. The number of carbonyl (C=O) groups is 1. The molecule has 1 saturated heterocycles. The van der Waals surface area contributed by atoms with Crippen LogP contribution < -0.4 is 11.5 Å². The molecule has 2 heterocycles. The van der Waals surface area contributed by atoms with Crippen LogP contribution in [0.5, 0.6) is 0 Å². The second kappa shape index (κ2) is 7.55. The van der Waals surface area contributed by atoms with Crippen molar-refractivity contribution in [2.24, 2.45) is 5.73 Å². The van der Waals surface area contributed by atoms with E-state index in [0.29, 0.717) is 17.7 Å². The molecule has 0 unspecified atom stereocenters. The van der Waals surface area contributed by atoms with Crippen LogP contribution >= 0.6 is 0 Å². The van der Waals surface area contributed by atoms with Crippen LogP contribution in [0.3, 0.4) is 0 Å². The highest BCUT2D eigenvalue weighted by molar-refractivity contribution is 5.98. The topological polar surface area (TPSA) is 94.5 Å². The van der Waals surface area contributed by atoms with E-state index < -0.39 is 5.91 Å². The molecule has 1 fully saturated rings. The van der Waals surface area contributed by atoms with Crippen molar-refractivity contribution in [1.29, 1.82) is 0 Å². The lowest BCUT2D eigenvalue weighted by molar-refractivity contribution is 0.0342. The minimum atomic E-state index is -0.431. The number of hydrogen-bond donors (Lipinski definition) is 2. The number of benzene rings is 2. The molecule has 4 N–H and O–H groups in total. The molecule has 0 spiro atoms. The molecule has 6 nitrogen and oxygen atoms in total. The van der Waals surface area contributed by atoms with Crippen LogP contribution in [0.4, 0.5) is 5.69 Å². The first-order chi connectivity index (χ1) is 14.6. The van der Waals surface area contributed by atoms with E-state index in [0.717, 1.165) is 66.5 Å². The van der Waals surface area contributed by atoms with E-state index in [4.69, 9.17) is 21.2 Å². The van der Waals surface area contributed by atoms with Gasteiger partial charge in [0.05, 0.1) is 24.6 Å². The van der Waals surface area contributed by atoms with Crippen molar-refractivity contribution in [1.82, 2.24) is 9.88 Å². The van der Waals surface area contributed by atoms with Crippen molar-refractivity contribution >= 4 is 11.6 Å². The van der Waals surface area contributed by atoms with E-state index in [-0.39, 0.29) is 0 Å². The van der Waals surface area contributed by atoms with E-state index >= 15 is 0 Å². The maximum Gasteiger partial charge on any atom is 0.249 e. The molecule has 5 rings (SSSR count). The summed E-state index contributed by atoms with van der Waals surface area (Å²) in [6, 6.07) is 16.0. The molecular weight excluding hydrogens is 376 g/mol. The van der Waals surface area contributed by atoms with Crippen LogP contribution in [0.15, 0.2) is 48.5 Å². The molecule has 0 bridgehead atoms. The van der Waals surface area contributed by atoms with Crippen LogP contribution in [0.2, 0.25) is 0 Å². The van der Waals surface area contributed by atoms with Gasteiger partial charge in [-0.3, -0.25) is 9.69 Å². The third-order valence-electron chi connectivity index (χ3n) is 5.90. The first kappa shape index (κ1) is 18.8. The summed E-state index contributed by atoms with van der Waals surface area (Å²) in [5, 5.41) is 0. The Hall–Kier alpha value is -3.22. The average molecular weight is 400 g/mol. The number of ether oxygens (including phenoxy) is 1. The largest absolute Gasteiger partial charge is 0.399 e. The second-order valence-electron chi connectivity index (χ2n) is 7.93. The number of carbonyl (C=O) groups excluding carboxylic acids is 1. The number of primary amides is 1. The monoisotopic (exact) mass is 400 g/mol. The predicted molar refractivity (Wildman–Crippen MR) is 117 cm³/mol. The van der Waals surface area contributed by atoms with Gasteiger partial charge in [0.2, 0.25) is 5.91 Å². The van der Waals surface area contributed by atoms with Gasteiger partial charge in [-0.25, -0.2) is 4.98 Å². The van der Waals surface area contributed by atoms with Gasteiger partial charge in [0, 0.05) is 48.4 Å². The molecular formula is C24H24N4O2. The highest BCUT2D eigenvalue weighted by atomic mass is 16.5. The summed E-state index contributed by atoms with van der Waals surface area (Å²) in [7, 11) is 0. The number of aromatic nitrogens is 1. The Balaban J connectivity index is 1.49. The van der Waals surface area contributed by atoms with Gasteiger partial charge in [-0.1, -0.05) is 30.3 Å². The fourth-order valence-corrected chi connectivity index (χ4v) is 4.32. The molecule has 6 heteroatoms. The first-order valence-corrected chi connectivity index (χ1v) is 10.2. The highest BCUT2D eigenvalue weighted by Gasteiger charge is 2.26. The summed E-state index contributed by atoms with van der Waals surface area (Å²) in [6.45, 7) is 4.41. The van der Waals surface area contributed by atoms with Crippen molar-refractivity contribution in [2.75, 3.05) is 32.0 Å². The zero-order chi connectivity index (χ0) is 20.7. The molecule has 0 saturated carbocycles. The van der Waals surface area contributed by atoms with Crippen LogP contribution in [0, 0.1) is 0 Å². The lowest BCUT2D eigenvalue weighted by Crippen LogP contribution is -2.35. The zero-order valence-electron chi connectivity index (χ0n) is 16.7. The Labute approximate surface area is 175 Å². The number of hydrogen-bond acceptors (Lipinski definition) is 5. The van der Waals surface area contributed by atoms with Crippen molar-refractivity contribution < 1.29 is 9.53 Å². The Morgan fingerprint density at radius 2 is 1.83 bits per heavy atom. The van der Waals surface area contributed by atoms with E-state index in [2.05, 4.69) is 29.2 Å². The Morgan fingerprint density at radius 3 is 2.57 bits per heavy atom. The van der Waals surface area contributed by atoms with Crippen LogP contribution in [-0.4, -0.2) is 42.1 Å². The van der Waals surface area contributed by atoms with Gasteiger partial charge in [0.25, 0.3) is 0 Å².